The Labute approximate surface area is 112 Å². The van der Waals surface area contributed by atoms with Gasteiger partial charge < -0.3 is 9.80 Å². The summed E-state index contributed by atoms with van der Waals surface area (Å²) in [6.45, 7) is 14.6. The second-order valence-corrected chi connectivity index (χ2v) is 7.43. The minimum atomic E-state index is 0.0584. The Kier molecular flexibility index (Phi) is 3.85. The van der Waals surface area contributed by atoms with Gasteiger partial charge in [0.1, 0.15) is 0 Å². The van der Waals surface area contributed by atoms with E-state index >= 15 is 0 Å². The van der Waals surface area contributed by atoms with E-state index in [0.717, 1.165) is 6.54 Å². The minimum absolute atomic E-state index is 0.0584. The van der Waals surface area contributed by atoms with Gasteiger partial charge in [-0.3, -0.25) is 4.79 Å². The van der Waals surface area contributed by atoms with Gasteiger partial charge in [-0.2, -0.15) is 0 Å². The van der Waals surface area contributed by atoms with Crippen molar-refractivity contribution in [2.45, 2.75) is 41.5 Å². The first-order valence-corrected chi connectivity index (χ1v) is 6.64. The normalized spacial score (nSPS) is 19.4. The molecule has 0 saturated heterocycles. The fourth-order valence-corrected chi connectivity index (χ4v) is 2.65. The lowest BCUT2D eigenvalue weighted by Gasteiger charge is -2.37. The Balaban J connectivity index is 3.40. The molecule has 1 rings (SSSR count). The maximum atomic E-state index is 12.0. The maximum Gasteiger partial charge on any atom is 0.242 e. The summed E-state index contributed by atoms with van der Waals surface area (Å²) < 4.78 is 0. The Morgan fingerprint density at radius 1 is 0.833 bits per heavy atom. The van der Waals surface area contributed by atoms with Crippen LogP contribution in [0.25, 0.3) is 0 Å². The van der Waals surface area contributed by atoms with Gasteiger partial charge in [0.05, 0.1) is 6.54 Å². The SMILES string of the molecule is CN1CC(C(C)(C)C)=C(C(C)(C)C)N(C)CC1=O. The molecule has 0 aromatic carbocycles. The number of likely N-dealkylation sites (N-methyl/N-ethyl adjacent to an activating group) is 2. The van der Waals surface area contributed by atoms with Crippen LogP contribution >= 0.6 is 0 Å². The van der Waals surface area contributed by atoms with Crippen molar-refractivity contribution in [3.05, 3.63) is 11.3 Å². The zero-order valence-corrected chi connectivity index (χ0v) is 13.2. The third-order valence-electron chi connectivity index (χ3n) is 3.48. The molecule has 0 aromatic rings. The van der Waals surface area contributed by atoms with E-state index in [0.29, 0.717) is 6.54 Å². The van der Waals surface area contributed by atoms with Gasteiger partial charge in [0.25, 0.3) is 0 Å². The smallest absolute Gasteiger partial charge is 0.242 e. The summed E-state index contributed by atoms with van der Waals surface area (Å²) in [6.07, 6.45) is 0. The number of hydrogen-bond acceptors (Lipinski definition) is 2. The number of carbonyl (C=O) groups excluding carboxylic acids is 1. The highest BCUT2D eigenvalue weighted by atomic mass is 16.2. The monoisotopic (exact) mass is 252 g/mol. The maximum absolute atomic E-state index is 12.0. The average Bonchev–Trinajstić information content (AvgIpc) is 2.22. The second kappa shape index (κ2) is 4.60. The summed E-state index contributed by atoms with van der Waals surface area (Å²) in [6, 6.07) is 0. The fraction of sp³-hybridized carbons (Fsp3) is 0.800. The van der Waals surface area contributed by atoms with E-state index in [1.165, 1.54) is 11.3 Å². The Bertz CT molecular complexity index is 369. The van der Waals surface area contributed by atoms with Gasteiger partial charge in [-0.1, -0.05) is 41.5 Å². The van der Waals surface area contributed by atoms with Crippen molar-refractivity contribution < 1.29 is 4.79 Å². The fourth-order valence-electron chi connectivity index (χ4n) is 2.65. The van der Waals surface area contributed by atoms with E-state index in [9.17, 15) is 4.79 Å². The number of allylic oxidation sites excluding steroid dienone is 1. The van der Waals surface area contributed by atoms with Crippen molar-refractivity contribution in [3.63, 3.8) is 0 Å². The van der Waals surface area contributed by atoms with Gasteiger partial charge in [0.15, 0.2) is 0 Å². The quantitative estimate of drug-likeness (QED) is 0.662. The molecule has 1 amide bonds. The van der Waals surface area contributed by atoms with Gasteiger partial charge in [-0.05, 0) is 11.0 Å². The van der Waals surface area contributed by atoms with Crippen LogP contribution in [0, 0.1) is 10.8 Å². The van der Waals surface area contributed by atoms with Crippen molar-refractivity contribution in [3.8, 4) is 0 Å². The van der Waals surface area contributed by atoms with Crippen LogP contribution < -0.4 is 0 Å². The highest BCUT2D eigenvalue weighted by Gasteiger charge is 2.34. The molecular formula is C15H28N2O. The van der Waals surface area contributed by atoms with E-state index in [2.05, 4.69) is 46.4 Å². The summed E-state index contributed by atoms with van der Waals surface area (Å²) in [5.74, 6) is 0.193. The number of rotatable bonds is 0. The van der Waals surface area contributed by atoms with E-state index in [4.69, 9.17) is 0 Å². The number of hydrogen-bond donors (Lipinski definition) is 0. The van der Waals surface area contributed by atoms with Crippen molar-refractivity contribution in [1.82, 2.24) is 9.80 Å². The number of nitrogens with zero attached hydrogens (tertiary/aromatic N) is 2. The molecule has 1 heterocycles. The van der Waals surface area contributed by atoms with E-state index in [-0.39, 0.29) is 16.7 Å². The van der Waals surface area contributed by atoms with Gasteiger partial charge >= 0.3 is 0 Å². The second-order valence-electron chi connectivity index (χ2n) is 7.43. The molecule has 1 aliphatic rings. The molecule has 1 aliphatic heterocycles. The van der Waals surface area contributed by atoms with E-state index in [1.807, 2.05) is 19.0 Å². The summed E-state index contributed by atoms with van der Waals surface area (Å²) in [5.41, 5.74) is 2.82. The molecule has 0 fully saturated rings. The topological polar surface area (TPSA) is 23.6 Å². The third kappa shape index (κ3) is 3.06. The van der Waals surface area contributed by atoms with Crippen LogP contribution in [0.5, 0.6) is 0 Å². The zero-order chi connectivity index (χ0) is 14.3. The van der Waals surface area contributed by atoms with Crippen LogP contribution in [0.2, 0.25) is 0 Å². The van der Waals surface area contributed by atoms with Gasteiger partial charge in [0, 0.05) is 31.8 Å². The molecule has 0 aliphatic carbocycles. The first kappa shape index (κ1) is 15.1. The van der Waals surface area contributed by atoms with Crippen LogP contribution in [0.3, 0.4) is 0 Å². The highest BCUT2D eigenvalue weighted by Crippen LogP contribution is 2.39. The summed E-state index contributed by atoms with van der Waals surface area (Å²) in [5, 5.41) is 0. The lowest BCUT2D eigenvalue weighted by molar-refractivity contribution is -0.129. The predicted octanol–water partition coefficient (Wildman–Crippen LogP) is 2.74. The molecule has 0 radical (unpaired) electrons. The van der Waals surface area contributed by atoms with Crippen LogP contribution in [-0.2, 0) is 4.79 Å². The molecule has 0 saturated carbocycles. The van der Waals surface area contributed by atoms with Crippen molar-refractivity contribution >= 4 is 5.91 Å². The number of carbonyl (C=O) groups is 1. The first-order valence-electron chi connectivity index (χ1n) is 6.64. The molecule has 0 N–H and O–H groups in total. The van der Waals surface area contributed by atoms with Crippen LogP contribution in [0.4, 0.5) is 0 Å². The molecule has 3 nitrogen and oxygen atoms in total. The van der Waals surface area contributed by atoms with Gasteiger partial charge in [0.2, 0.25) is 5.91 Å². The predicted molar refractivity (Wildman–Crippen MR) is 76.2 cm³/mol. The molecule has 104 valence electrons. The lowest BCUT2D eigenvalue weighted by atomic mass is 9.78. The Morgan fingerprint density at radius 3 is 1.72 bits per heavy atom. The van der Waals surface area contributed by atoms with Crippen LogP contribution in [-0.4, -0.2) is 42.9 Å². The highest BCUT2D eigenvalue weighted by molar-refractivity contribution is 5.79. The summed E-state index contributed by atoms with van der Waals surface area (Å²) in [7, 11) is 3.93. The first-order chi connectivity index (χ1) is 7.94. The molecule has 18 heavy (non-hydrogen) atoms. The molecule has 0 bridgehead atoms. The summed E-state index contributed by atoms with van der Waals surface area (Å²) >= 11 is 0. The zero-order valence-electron chi connectivity index (χ0n) is 13.2. The third-order valence-corrected chi connectivity index (χ3v) is 3.48. The number of amides is 1. The molecule has 0 unspecified atom stereocenters. The van der Waals surface area contributed by atoms with Crippen LogP contribution in [0.1, 0.15) is 41.5 Å². The molecule has 3 heteroatoms. The van der Waals surface area contributed by atoms with Crippen molar-refractivity contribution in [2.75, 3.05) is 27.2 Å². The summed E-state index contributed by atoms with van der Waals surface area (Å²) in [4.78, 5) is 16.0. The molecule has 0 spiro atoms. The molecular weight excluding hydrogens is 224 g/mol. The van der Waals surface area contributed by atoms with E-state index in [1.54, 1.807) is 0 Å². The van der Waals surface area contributed by atoms with E-state index < -0.39 is 0 Å². The van der Waals surface area contributed by atoms with Crippen molar-refractivity contribution in [2.24, 2.45) is 10.8 Å². The lowest BCUT2D eigenvalue weighted by Crippen LogP contribution is -2.34. The van der Waals surface area contributed by atoms with Crippen LogP contribution in [0.15, 0.2) is 11.3 Å². The largest absolute Gasteiger partial charge is 0.368 e. The standard InChI is InChI=1S/C15H28N2O/c1-14(2,3)11-9-16(7)12(18)10-17(8)13(11)15(4,5)6/h9-10H2,1-8H3. The molecule has 0 atom stereocenters. The molecule has 0 aromatic heterocycles. The van der Waals surface area contributed by atoms with Crippen molar-refractivity contribution in [1.29, 1.82) is 0 Å². The Morgan fingerprint density at radius 2 is 1.33 bits per heavy atom. The average molecular weight is 252 g/mol. The minimum Gasteiger partial charge on any atom is -0.368 e. The Hall–Kier alpha value is -0.990. The van der Waals surface area contributed by atoms with Gasteiger partial charge in [-0.25, -0.2) is 0 Å². The van der Waals surface area contributed by atoms with Gasteiger partial charge in [-0.15, -0.1) is 0 Å².